The van der Waals surface area contributed by atoms with Gasteiger partial charge in [0, 0.05) is 25.9 Å². The molecule has 5 heteroatoms. The molecule has 0 aromatic heterocycles. The Morgan fingerprint density at radius 2 is 1.88 bits per heavy atom. The van der Waals surface area contributed by atoms with E-state index >= 15 is 0 Å². The molecule has 2 rings (SSSR count). The summed E-state index contributed by atoms with van der Waals surface area (Å²) >= 11 is 0. The van der Waals surface area contributed by atoms with Crippen LogP contribution < -0.4 is 0 Å². The largest absolute Gasteiger partial charge is 0.469 e. The first-order valence-corrected chi connectivity index (χ1v) is 8.94. The fourth-order valence-corrected chi connectivity index (χ4v) is 3.54. The van der Waals surface area contributed by atoms with E-state index < -0.39 is 5.41 Å². The Bertz CT molecular complexity index is 618. The number of aryl methyl sites for hydroxylation is 2. The van der Waals surface area contributed by atoms with E-state index in [1.165, 1.54) is 7.11 Å². The summed E-state index contributed by atoms with van der Waals surface area (Å²) in [6.07, 6.45) is 1.75. The normalized spacial score (nSPS) is 17.3. The number of benzene rings is 1. The lowest BCUT2D eigenvalue weighted by Crippen LogP contribution is -2.46. The number of esters is 1. The van der Waals surface area contributed by atoms with Gasteiger partial charge in [0.25, 0.3) is 0 Å². The molecule has 138 valence electrons. The van der Waals surface area contributed by atoms with E-state index in [2.05, 4.69) is 6.07 Å². The highest BCUT2D eigenvalue weighted by atomic mass is 16.7. The second kappa shape index (κ2) is 8.59. The molecule has 1 fully saturated rings. The number of carbonyl (C=O) groups is 2. The summed E-state index contributed by atoms with van der Waals surface area (Å²) in [5, 5.41) is 1.87. The number of ketones is 1. The quantitative estimate of drug-likeness (QED) is 0.710. The third kappa shape index (κ3) is 4.89. The smallest absolute Gasteiger partial charge is 0.312 e. The molecule has 0 aliphatic carbocycles. The van der Waals surface area contributed by atoms with Gasteiger partial charge in [0.2, 0.25) is 0 Å². The number of hydrogen-bond donors (Lipinski definition) is 0. The van der Waals surface area contributed by atoms with Gasteiger partial charge in [-0.1, -0.05) is 23.8 Å². The van der Waals surface area contributed by atoms with E-state index in [-0.39, 0.29) is 18.2 Å². The molecule has 0 N–H and O–H groups in total. The van der Waals surface area contributed by atoms with Gasteiger partial charge in [0.05, 0.1) is 19.1 Å². The van der Waals surface area contributed by atoms with Crippen LogP contribution in [0.5, 0.6) is 0 Å². The molecule has 1 aromatic carbocycles. The fraction of sp³-hybridized carbons (Fsp3) is 0.600. The van der Waals surface area contributed by atoms with Crippen molar-refractivity contribution in [1.29, 1.82) is 0 Å². The van der Waals surface area contributed by atoms with Crippen LogP contribution in [0.2, 0.25) is 0 Å². The zero-order valence-electron chi connectivity index (χ0n) is 15.8. The molecule has 0 amide bonds. The lowest BCUT2D eigenvalue weighted by Gasteiger charge is -2.38. The Morgan fingerprint density at radius 1 is 1.20 bits per heavy atom. The molecular weight excluding hydrogens is 318 g/mol. The van der Waals surface area contributed by atoms with E-state index in [0.717, 1.165) is 16.7 Å². The zero-order chi connectivity index (χ0) is 18.4. The van der Waals surface area contributed by atoms with Crippen molar-refractivity contribution in [3.05, 3.63) is 34.9 Å². The van der Waals surface area contributed by atoms with Crippen LogP contribution in [0.3, 0.4) is 0 Å². The average Bonchev–Trinajstić information content (AvgIpc) is 2.59. The van der Waals surface area contributed by atoms with Crippen LogP contribution >= 0.6 is 0 Å². The third-order valence-corrected chi connectivity index (χ3v) is 5.04. The van der Waals surface area contributed by atoms with E-state index in [1.807, 2.05) is 38.0 Å². The molecule has 0 atom stereocenters. The number of rotatable bonds is 7. The molecule has 1 aromatic rings. The number of piperidine rings is 1. The fourth-order valence-electron chi connectivity index (χ4n) is 3.54. The highest BCUT2D eigenvalue weighted by Crippen LogP contribution is 2.37. The number of hydroxylamine groups is 2. The number of ether oxygens (including phenoxy) is 1. The van der Waals surface area contributed by atoms with E-state index in [0.29, 0.717) is 39.0 Å². The van der Waals surface area contributed by atoms with Crippen molar-refractivity contribution >= 4 is 11.8 Å². The highest BCUT2D eigenvalue weighted by Gasteiger charge is 2.44. The van der Waals surface area contributed by atoms with Gasteiger partial charge < -0.3 is 4.74 Å². The lowest BCUT2D eigenvalue weighted by molar-refractivity contribution is -0.190. The minimum atomic E-state index is -0.725. The van der Waals surface area contributed by atoms with Crippen LogP contribution in [0.1, 0.15) is 42.9 Å². The summed E-state index contributed by atoms with van der Waals surface area (Å²) in [7, 11) is 1.40. The molecule has 0 bridgehead atoms. The van der Waals surface area contributed by atoms with Gasteiger partial charge >= 0.3 is 5.97 Å². The van der Waals surface area contributed by atoms with Gasteiger partial charge in [0.15, 0.2) is 0 Å². The molecule has 0 radical (unpaired) electrons. The minimum Gasteiger partial charge on any atom is -0.469 e. The minimum absolute atomic E-state index is 0.0870. The Labute approximate surface area is 150 Å². The summed E-state index contributed by atoms with van der Waals surface area (Å²) < 4.78 is 5.03. The third-order valence-electron chi connectivity index (χ3n) is 5.04. The second-order valence-corrected chi connectivity index (χ2v) is 6.94. The Kier molecular flexibility index (Phi) is 6.73. The topological polar surface area (TPSA) is 55.8 Å². The standard InChI is InChI=1S/C20H29NO4/c1-5-25-21-10-8-20(9-11-21,19(23)24-4)14-18(22)13-17-12-15(2)6-7-16(17)3/h6-7,12H,5,8-11,13-14H2,1-4H3. The Morgan fingerprint density at radius 3 is 2.48 bits per heavy atom. The van der Waals surface area contributed by atoms with Crippen molar-refractivity contribution in [3.8, 4) is 0 Å². The predicted molar refractivity (Wildman–Crippen MR) is 96.1 cm³/mol. The molecule has 1 aliphatic rings. The molecule has 1 saturated heterocycles. The van der Waals surface area contributed by atoms with Crippen LogP contribution in [0.4, 0.5) is 0 Å². The van der Waals surface area contributed by atoms with Gasteiger partial charge in [-0.2, -0.15) is 5.06 Å². The van der Waals surface area contributed by atoms with Crippen LogP contribution in [0.25, 0.3) is 0 Å². The number of carbonyl (C=O) groups excluding carboxylic acids is 2. The monoisotopic (exact) mass is 347 g/mol. The van der Waals surface area contributed by atoms with Crippen molar-refractivity contribution in [1.82, 2.24) is 5.06 Å². The van der Waals surface area contributed by atoms with E-state index in [9.17, 15) is 9.59 Å². The summed E-state index contributed by atoms with van der Waals surface area (Å²) in [4.78, 5) is 30.7. The van der Waals surface area contributed by atoms with Gasteiger partial charge in [-0.15, -0.1) is 0 Å². The average molecular weight is 347 g/mol. The molecule has 0 spiro atoms. The summed E-state index contributed by atoms with van der Waals surface area (Å²) in [6, 6.07) is 6.13. The molecular formula is C20H29NO4. The van der Waals surface area contributed by atoms with Gasteiger partial charge in [-0.05, 0) is 44.7 Å². The van der Waals surface area contributed by atoms with Crippen molar-refractivity contribution in [3.63, 3.8) is 0 Å². The lowest BCUT2D eigenvalue weighted by atomic mass is 9.74. The van der Waals surface area contributed by atoms with Crippen molar-refractivity contribution in [2.45, 2.75) is 46.5 Å². The maximum Gasteiger partial charge on any atom is 0.312 e. The van der Waals surface area contributed by atoms with Crippen LogP contribution in [-0.4, -0.2) is 43.6 Å². The second-order valence-electron chi connectivity index (χ2n) is 6.94. The molecule has 5 nitrogen and oxygen atoms in total. The molecule has 0 unspecified atom stereocenters. The SMILES string of the molecule is CCON1CCC(CC(=O)Cc2cc(C)ccc2C)(C(=O)OC)CC1. The van der Waals surface area contributed by atoms with Gasteiger partial charge in [0.1, 0.15) is 5.78 Å². The highest BCUT2D eigenvalue weighted by molar-refractivity contribution is 5.88. The first-order valence-electron chi connectivity index (χ1n) is 8.94. The number of hydrogen-bond acceptors (Lipinski definition) is 5. The molecule has 0 saturated carbocycles. The summed E-state index contributed by atoms with van der Waals surface area (Å²) in [5.41, 5.74) is 2.56. The first-order chi connectivity index (χ1) is 11.9. The maximum absolute atomic E-state index is 12.7. The van der Waals surface area contributed by atoms with Crippen molar-refractivity contribution in [2.75, 3.05) is 26.8 Å². The Balaban J connectivity index is 2.08. The van der Waals surface area contributed by atoms with Gasteiger partial charge in [-0.25, -0.2) is 0 Å². The number of methoxy groups -OCH3 is 1. The van der Waals surface area contributed by atoms with E-state index in [4.69, 9.17) is 9.57 Å². The molecule has 1 aliphatic heterocycles. The van der Waals surface area contributed by atoms with Crippen LogP contribution in [0, 0.1) is 19.3 Å². The van der Waals surface area contributed by atoms with Crippen molar-refractivity contribution < 1.29 is 19.2 Å². The summed E-state index contributed by atoms with van der Waals surface area (Å²) in [5.74, 6) is -0.193. The van der Waals surface area contributed by atoms with Crippen LogP contribution in [-0.2, 0) is 25.6 Å². The first kappa shape index (κ1) is 19.6. The van der Waals surface area contributed by atoms with Crippen LogP contribution in [0.15, 0.2) is 18.2 Å². The van der Waals surface area contributed by atoms with E-state index in [1.54, 1.807) is 0 Å². The van der Waals surface area contributed by atoms with Gasteiger partial charge in [-0.3, -0.25) is 14.4 Å². The maximum atomic E-state index is 12.7. The van der Waals surface area contributed by atoms with Crippen molar-refractivity contribution in [2.24, 2.45) is 5.41 Å². The zero-order valence-corrected chi connectivity index (χ0v) is 15.8. The molecule has 1 heterocycles. The number of nitrogens with zero attached hydrogens (tertiary/aromatic N) is 1. The molecule has 25 heavy (non-hydrogen) atoms. The Hall–Kier alpha value is -1.72. The summed E-state index contributed by atoms with van der Waals surface area (Å²) in [6.45, 7) is 7.86. The number of Topliss-reactive ketones (excluding diaryl/α,β-unsaturated/α-hetero) is 1. The predicted octanol–water partition coefficient (Wildman–Crippen LogP) is 3.01.